The van der Waals surface area contributed by atoms with Gasteiger partial charge in [0.15, 0.2) is 0 Å². The highest BCUT2D eigenvalue weighted by Crippen LogP contribution is 2.77. The van der Waals surface area contributed by atoms with E-state index in [9.17, 15) is 9.59 Å². The highest BCUT2D eigenvalue weighted by atomic mass is 16.5. The highest BCUT2D eigenvalue weighted by molar-refractivity contribution is 5.66. The lowest BCUT2D eigenvalue weighted by Crippen LogP contribution is -2.67. The second-order valence-electron chi connectivity index (χ2n) is 16.3. The van der Waals surface area contributed by atoms with Crippen LogP contribution in [0, 0.1) is 56.7 Å². The van der Waals surface area contributed by atoms with Crippen molar-refractivity contribution in [3.05, 3.63) is 12.2 Å². The van der Waals surface area contributed by atoms with E-state index in [0.717, 1.165) is 19.3 Å². The van der Waals surface area contributed by atoms with Crippen LogP contribution in [0.15, 0.2) is 12.2 Å². The SMILES string of the molecule is C=C(C)C[C@@H]1CC[C@]2(COC(C)=O)CC[C@]3(C)[C@H](CC[C@@H]4[C@@]5(C)CC[C@H](OC(C)=O)C(C)(C)[C@@H]5CC[C@]43C)[C@@H]12. The third-order valence-electron chi connectivity index (χ3n) is 14.2. The molecule has 220 valence electrons. The molecule has 5 saturated carbocycles. The largest absolute Gasteiger partial charge is 0.465 e. The molecule has 0 N–H and O–H groups in total. The van der Waals surface area contributed by atoms with E-state index in [4.69, 9.17) is 9.47 Å². The fourth-order valence-electron chi connectivity index (χ4n) is 12.4. The Bertz CT molecular complexity index is 1010. The van der Waals surface area contributed by atoms with Crippen molar-refractivity contribution in [1.82, 2.24) is 0 Å². The number of rotatable bonds is 5. The summed E-state index contributed by atoms with van der Waals surface area (Å²) < 4.78 is 11.8. The fraction of sp³-hybridized carbons (Fsp3) is 0.886. The third-order valence-corrected chi connectivity index (χ3v) is 14.2. The van der Waals surface area contributed by atoms with Crippen LogP contribution in [0.1, 0.15) is 126 Å². The lowest BCUT2D eigenvalue weighted by Gasteiger charge is -2.73. The minimum absolute atomic E-state index is 0.00152. The van der Waals surface area contributed by atoms with Gasteiger partial charge in [-0.05, 0) is 123 Å². The summed E-state index contributed by atoms with van der Waals surface area (Å²) in [5.74, 6) is 2.97. The summed E-state index contributed by atoms with van der Waals surface area (Å²) in [7, 11) is 0. The Kier molecular flexibility index (Phi) is 7.20. The van der Waals surface area contributed by atoms with Gasteiger partial charge < -0.3 is 9.47 Å². The monoisotopic (exact) mass is 540 g/mol. The first-order valence-corrected chi connectivity index (χ1v) is 16.1. The quantitative estimate of drug-likeness (QED) is 0.259. The summed E-state index contributed by atoms with van der Waals surface area (Å²) in [6.07, 6.45) is 13.3. The fourth-order valence-corrected chi connectivity index (χ4v) is 12.4. The minimum Gasteiger partial charge on any atom is -0.465 e. The summed E-state index contributed by atoms with van der Waals surface area (Å²) in [5.41, 5.74) is 2.32. The Hall–Kier alpha value is -1.32. The number of ether oxygens (including phenoxy) is 2. The molecule has 39 heavy (non-hydrogen) atoms. The highest BCUT2D eigenvalue weighted by Gasteiger charge is 2.71. The van der Waals surface area contributed by atoms with Gasteiger partial charge in [-0.15, -0.1) is 6.58 Å². The molecule has 0 radical (unpaired) electrons. The Labute approximate surface area is 238 Å². The zero-order valence-corrected chi connectivity index (χ0v) is 26.3. The van der Waals surface area contributed by atoms with E-state index < -0.39 is 0 Å². The predicted octanol–water partition coefficient (Wildman–Crippen LogP) is 8.53. The number of allylic oxidation sites excluding steroid dienone is 1. The lowest BCUT2D eigenvalue weighted by molar-refractivity contribution is -0.252. The number of fused-ring (bicyclic) bond motifs is 7. The van der Waals surface area contributed by atoms with Crippen molar-refractivity contribution >= 4 is 11.9 Å². The third kappa shape index (κ3) is 4.27. The Morgan fingerprint density at radius 3 is 2.13 bits per heavy atom. The molecule has 5 aliphatic carbocycles. The summed E-state index contributed by atoms with van der Waals surface area (Å²) in [6, 6.07) is 0. The number of carbonyl (C=O) groups is 2. The van der Waals surface area contributed by atoms with Gasteiger partial charge in [-0.1, -0.05) is 40.2 Å². The first-order chi connectivity index (χ1) is 18.1. The molecule has 0 aromatic carbocycles. The molecule has 0 amide bonds. The summed E-state index contributed by atoms with van der Waals surface area (Å²) in [4.78, 5) is 23.9. The van der Waals surface area contributed by atoms with Gasteiger partial charge in [0, 0.05) is 24.7 Å². The number of hydrogen-bond acceptors (Lipinski definition) is 4. The molecule has 0 unspecified atom stereocenters. The molecule has 0 spiro atoms. The van der Waals surface area contributed by atoms with Crippen LogP contribution in [-0.4, -0.2) is 24.6 Å². The second-order valence-corrected chi connectivity index (χ2v) is 16.3. The lowest BCUT2D eigenvalue weighted by atomic mass is 9.32. The maximum absolute atomic E-state index is 12.0. The maximum atomic E-state index is 12.0. The van der Waals surface area contributed by atoms with Crippen molar-refractivity contribution in [3.8, 4) is 0 Å². The van der Waals surface area contributed by atoms with Gasteiger partial charge in [0.2, 0.25) is 0 Å². The average molecular weight is 541 g/mol. The minimum atomic E-state index is -0.134. The molecule has 0 heterocycles. The molecule has 0 saturated heterocycles. The Morgan fingerprint density at radius 2 is 1.49 bits per heavy atom. The van der Waals surface area contributed by atoms with Crippen LogP contribution in [-0.2, 0) is 19.1 Å². The van der Waals surface area contributed by atoms with Crippen molar-refractivity contribution in [3.63, 3.8) is 0 Å². The topological polar surface area (TPSA) is 52.6 Å². The first kappa shape index (κ1) is 29.2. The smallest absolute Gasteiger partial charge is 0.302 e. The van der Waals surface area contributed by atoms with Crippen molar-refractivity contribution in [2.75, 3.05) is 6.61 Å². The molecule has 5 aliphatic rings. The van der Waals surface area contributed by atoms with Gasteiger partial charge in [0.25, 0.3) is 0 Å². The van der Waals surface area contributed by atoms with E-state index in [1.165, 1.54) is 56.9 Å². The molecule has 0 aliphatic heterocycles. The zero-order chi connectivity index (χ0) is 28.6. The van der Waals surface area contributed by atoms with Crippen LogP contribution in [0.2, 0.25) is 0 Å². The summed E-state index contributed by atoms with van der Waals surface area (Å²) >= 11 is 0. The maximum Gasteiger partial charge on any atom is 0.302 e. The van der Waals surface area contributed by atoms with Gasteiger partial charge in [-0.25, -0.2) is 0 Å². The van der Waals surface area contributed by atoms with Crippen LogP contribution in [0.4, 0.5) is 0 Å². The van der Waals surface area contributed by atoms with Crippen LogP contribution in [0.5, 0.6) is 0 Å². The van der Waals surface area contributed by atoms with Gasteiger partial charge in [0.1, 0.15) is 6.10 Å². The predicted molar refractivity (Wildman–Crippen MR) is 156 cm³/mol. The van der Waals surface area contributed by atoms with Crippen molar-refractivity contribution in [1.29, 1.82) is 0 Å². The second kappa shape index (κ2) is 9.62. The summed E-state index contributed by atoms with van der Waals surface area (Å²) in [6.45, 7) is 23.0. The number of carbonyl (C=O) groups excluding carboxylic acids is 2. The molecule has 4 heteroatoms. The number of esters is 2. The molecule has 5 rings (SSSR count). The molecular formula is C35H56O4. The molecule has 0 aromatic heterocycles. The van der Waals surface area contributed by atoms with Crippen molar-refractivity contribution in [2.45, 2.75) is 132 Å². The molecular weight excluding hydrogens is 484 g/mol. The van der Waals surface area contributed by atoms with Crippen molar-refractivity contribution < 1.29 is 19.1 Å². The van der Waals surface area contributed by atoms with E-state index in [-0.39, 0.29) is 34.3 Å². The van der Waals surface area contributed by atoms with E-state index in [1.807, 2.05) is 0 Å². The average Bonchev–Trinajstić information content (AvgIpc) is 3.18. The standard InChI is InChI=1S/C35H56O4/c1-22(2)20-25-12-17-35(21-38-23(3)36)19-18-33(8)26(30(25)35)10-11-28-32(7)15-14-29(39-24(4)37)31(5,6)27(32)13-16-34(28,33)9/h25-30H,1,10-21H2,2-9H3/t25-,26+,27-,28+,29-,30+,32-,33+,34+,35+/m0/s1. The first-order valence-electron chi connectivity index (χ1n) is 16.1. The van der Waals surface area contributed by atoms with Crippen molar-refractivity contribution in [2.24, 2.45) is 56.7 Å². The number of hydrogen-bond donors (Lipinski definition) is 0. The van der Waals surface area contributed by atoms with E-state index in [0.29, 0.717) is 47.0 Å². The molecule has 0 bridgehead atoms. The van der Waals surface area contributed by atoms with Crippen LogP contribution >= 0.6 is 0 Å². The normalized spacial score (nSPS) is 48.1. The van der Waals surface area contributed by atoms with E-state index in [1.54, 1.807) is 13.8 Å². The molecule has 4 nitrogen and oxygen atoms in total. The van der Waals surface area contributed by atoms with E-state index >= 15 is 0 Å². The molecule has 0 aromatic rings. The Morgan fingerprint density at radius 1 is 0.769 bits per heavy atom. The zero-order valence-electron chi connectivity index (χ0n) is 26.3. The Balaban J connectivity index is 1.49. The van der Waals surface area contributed by atoms with Gasteiger partial charge in [0.05, 0.1) is 6.61 Å². The van der Waals surface area contributed by atoms with Gasteiger partial charge in [-0.3, -0.25) is 9.59 Å². The van der Waals surface area contributed by atoms with Crippen LogP contribution in [0.25, 0.3) is 0 Å². The van der Waals surface area contributed by atoms with Gasteiger partial charge >= 0.3 is 11.9 Å². The van der Waals surface area contributed by atoms with Gasteiger partial charge in [-0.2, -0.15) is 0 Å². The summed E-state index contributed by atoms with van der Waals surface area (Å²) in [5, 5.41) is 0. The molecule has 10 atom stereocenters. The van der Waals surface area contributed by atoms with Crippen LogP contribution < -0.4 is 0 Å². The van der Waals surface area contributed by atoms with E-state index in [2.05, 4.69) is 48.1 Å². The molecule has 5 fully saturated rings. The van der Waals surface area contributed by atoms with Crippen LogP contribution in [0.3, 0.4) is 0 Å².